The first-order chi connectivity index (χ1) is 6.70. The standard InChI is InChI=1S/C6H6N2O2.Cl2O2S/c7-5-1-3-6(4-2-5)8(9)10;1-5(2,3)4/h1-4H,7H2;. The second-order valence-corrected chi connectivity index (χ2v) is 5.90. The van der Waals surface area contributed by atoms with Crippen molar-refractivity contribution < 1.29 is 13.3 Å². The molecule has 0 bridgehead atoms. The number of nitrogen functional groups attached to an aromatic ring is 1. The number of halogens is 2. The minimum Gasteiger partial charge on any atom is -0.399 e. The van der Waals surface area contributed by atoms with E-state index in [2.05, 4.69) is 21.4 Å². The number of nitro benzene ring substituents is 1. The Morgan fingerprint density at radius 2 is 1.53 bits per heavy atom. The summed E-state index contributed by atoms with van der Waals surface area (Å²) in [5.74, 6) is 0. The smallest absolute Gasteiger partial charge is 0.317 e. The average Bonchev–Trinajstić information content (AvgIpc) is 2.01. The van der Waals surface area contributed by atoms with Crippen LogP contribution in [0.5, 0.6) is 0 Å². The molecule has 0 amide bonds. The third kappa shape index (κ3) is 9.26. The summed E-state index contributed by atoms with van der Waals surface area (Å²) < 4.78 is 18.3. The van der Waals surface area contributed by atoms with Gasteiger partial charge in [-0.2, -0.15) is 8.42 Å². The first kappa shape index (κ1) is 13.9. The highest BCUT2D eigenvalue weighted by atomic mass is 36.0. The van der Waals surface area contributed by atoms with E-state index in [4.69, 9.17) is 14.2 Å². The molecule has 0 aliphatic carbocycles. The summed E-state index contributed by atoms with van der Waals surface area (Å²) >= 11 is 0. The number of rotatable bonds is 1. The normalized spacial score (nSPS) is 10.0. The van der Waals surface area contributed by atoms with Gasteiger partial charge in [-0.15, -0.1) is 0 Å². The molecule has 0 unspecified atom stereocenters. The van der Waals surface area contributed by atoms with Crippen LogP contribution in [0.15, 0.2) is 24.3 Å². The molecular formula is C6H6Cl2N2O4S. The Balaban J connectivity index is 0.000000336. The van der Waals surface area contributed by atoms with E-state index >= 15 is 0 Å². The van der Waals surface area contributed by atoms with E-state index in [1.807, 2.05) is 0 Å². The summed E-state index contributed by atoms with van der Waals surface area (Å²) in [6.45, 7) is 0. The molecule has 0 aliphatic rings. The molecule has 0 radical (unpaired) electrons. The van der Waals surface area contributed by atoms with Crippen LogP contribution >= 0.6 is 21.4 Å². The predicted molar refractivity (Wildman–Crippen MR) is 58.1 cm³/mol. The lowest BCUT2D eigenvalue weighted by Gasteiger charge is -1.90. The lowest BCUT2D eigenvalue weighted by molar-refractivity contribution is -0.384. The Hall–Kier alpha value is -1.05. The predicted octanol–water partition coefficient (Wildman–Crippen LogP) is 1.89. The van der Waals surface area contributed by atoms with Crippen LogP contribution in [-0.2, 0) is 8.26 Å². The van der Waals surface area contributed by atoms with E-state index < -0.39 is 13.2 Å². The Morgan fingerprint density at radius 3 is 1.80 bits per heavy atom. The van der Waals surface area contributed by atoms with Gasteiger partial charge < -0.3 is 5.73 Å². The van der Waals surface area contributed by atoms with Crippen molar-refractivity contribution in [1.82, 2.24) is 0 Å². The number of nitrogens with two attached hydrogens (primary N) is 1. The zero-order valence-electron chi connectivity index (χ0n) is 7.13. The van der Waals surface area contributed by atoms with Crippen molar-refractivity contribution in [3.8, 4) is 0 Å². The number of hydrogen-bond acceptors (Lipinski definition) is 5. The van der Waals surface area contributed by atoms with Crippen molar-refractivity contribution in [3.63, 3.8) is 0 Å². The summed E-state index contributed by atoms with van der Waals surface area (Å²) in [4.78, 5) is 9.62. The summed E-state index contributed by atoms with van der Waals surface area (Å²) in [6, 6.07) is 5.74. The Morgan fingerprint density at radius 1 is 1.20 bits per heavy atom. The molecule has 6 nitrogen and oxygen atoms in total. The lowest BCUT2D eigenvalue weighted by atomic mass is 10.3. The fourth-order valence-corrected chi connectivity index (χ4v) is 0.596. The van der Waals surface area contributed by atoms with Crippen molar-refractivity contribution in [3.05, 3.63) is 34.4 Å². The quantitative estimate of drug-likeness (QED) is 0.364. The van der Waals surface area contributed by atoms with Gasteiger partial charge in [-0.05, 0) is 12.1 Å². The largest absolute Gasteiger partial charge is 0.399 e. The van der Waals surface area contributed by atoms with E-state index in [1.54, 1.807) is 0 Å². The van der Waals surface area contributed by atoms with Crippen molar-refractivity contribution >= 4 is 41.0 Å². The molecule has 84 valence electrons. The zero-order chi connectivity index (χ0) is 12.1. The van der Waals surface area contributed by atoms with Gasteiger partial charge in [0.05, 0.1) is 4.92 Å². The Kier molecular flexibility index (Phi) is 5.34. The summed E-state index contributed by atoms with van der Waals surface area (Å²) in [7, 11) is 4.81. The summed E-state index contributed by atoms with van der Waals surface area (Å²) in [6.07, 6.45) is 0. The van der Waals surface area contributed by atoms with Gasteiger partial charge in [0.2, 0.25) is 0 Å². The molecule has 0 aromatic heterocycles. The van der Waals surface area contributed by atoms with Crippen molar-refractivity contribution in [2.75, 3.05) is 5.73 Å². The third-order valence-electron chi connectivity index (χ3n) is 1.10. The second-order valence-electron chi connectivity index (χ2n) is 2.23. The molecule has 0 spiro atoms. The van der Waals surface area contributed by atoms with Gasteiger partial charge in [-0.25, -0.2) is 0 Å². The minimum atomic E-state index is -3.72. The Bertz CT molecular complexity index is 423. The molecule has 1 aromatic carbocycles. The first-order valence-electron chi connectivity index (χ1n) is 3.34. The number of hydrogen-bond donors (Lipinski definition) is 1. The van der Waals surface area contributed by atoms with Crippen LogP contribution in [0, 0.1) is 10.1 Å². The SMILES string of the molecule is Nc1ccc([N+](=O)[O-])cc1.O=S(=O)(Cl)Cl. The molecule has 0 heterocycles. The van der Waals surface area contributed by atoms with Crippen LogP contribution < -0.4 is 5.73 Å². The fraction of sp³-hybridized carbons (Fsp3) is 0. The first-order valence-corrected chi connectivity index (χ1v) is 6.48. The minimum absolute atomic E-state index is 0.0641. The van der Waals surface area contributed by atoms with E-state index in [1.165, 1.54) is 24.3 Å². The molecule has 0 saturated heterocycles. The van der Waals surface area contributed by atoms with Crippen molar-refractivity contribution in [2.24, 2.45) is 0 Å². The fourth-order valence-electron chi connectivity index (χ4n) is 0.596. The van der Waals surface area contributed by atoms with Gasteiger partial charge in [0.1, 0.15) is 0 Å². The van der Waals surface area contributed by atoms with Gasteiger partial charge in [-0.3, -0.25) is 10.1 Å². The number of nitro groups is 1. The monoisotopic (exact) mass is 272 g/mol. The Labute approximate surface area is 94.7 Å². The molecule has 0 aliphatic heterocycles. The zero-order valence-corrected chi connectivity index (χ0v) is 9.46. The van der Waals surface area contributed by atoms with Crippen LogP contribution in [0.4, 0.5) is 11.4 Å². The van der Waals surface area contributed by atoms with E-state index in [9.17, 15) is 10.1 Å². The van der Waals surface area contributed by atoms with Crippen LogP contribution in [0.25, 0.3) is 0 Å². The van der Waals surface area contributed by atoms with Gasteiger partial charge in [0.15, 0.2) is 0 Å². The molecule has 0 saturated carbocycles. The molecule has 2 N–H and O–H groups in total. The topological polar surface area (TPSA) is 103 Å². The molecule has 0 fully saturated rings. The number of non-ortho nitro benzene ring substituents is 1. The molecule has 9 heteroatoms. The number of nitrogens with zero attached hydrogens (tertiary/aromatic N) is 1. The lowest BCUT2D eigenvalue weighted by Crippen LogP contribution is -1.88. The molecule has 0 atom stereocenters. The highest BCUT2D eigenvalue weighted by Crippen LogP contribution is 2.11. The van der Waals surface area contributed by atoms with Crippen LogP contribution in [0.1, 0.15) is 0 Å². The van der Waals surface area contributed by atoms with E-state index in [0.717, 1.165) is 0 Å². The van der Waals surface area contributed by atoms with E-state index in [0.29, 0.717) is 5.69 Å². The highest BCUT2D eigenvalue weighted by Gasteiger charge is 2.00. The number of benzene rings is 1. The molecular weight excluding hydrogens is 267 g/mol. The van der Waals surface area contributed by atoms with Crippen LogP contribution in [0.2, 0.25) is 0 Å². The number of anilines is 1. The summed E-state index contributed by atoms with van der Waals surface area (Å²) in [5, 5.41) is 10.1. The second kappa shape index (κ2) is 5.74. The average molecular weight is 273 g/mol. The molecule has 1 aromatic rings. The highest BCUT2D eigenvalue weighted by molar-refractivity contribution is 8.31. The van der Waals surface area contributed by atoms with Crippen LogP contribution in [-0.4, -0.2) is 13.3 Å². The van der Waals surface area contributed by atoms with Crippen molar-refractivity contribution in [1.29, 1.82) is 0 Å². The van der Waals surface area contributed by atoms with Crippen LogP contribution in [0.3, 0.4) is 0 Å². The van der Waals surface area contributed by atoms with Gasteiger partial charge in [0, 0.05) is 39.2 Å². The maximum atomic E-state index is 10.1. The summed E-state index contributed by atoms with van der Waals surface area (Å²) in [5.41, 5.74) is 5.90. The van der Waals surface area contributed by atoms with E-state index in [-0.39, 0.29) is 5.69 Å². The van der Waals surface area contributed by atoms with Gasteiger partial charge in [0.25, 0.3) is 5.69 Å². The maximum Gasteiger partial charge on any atom is 0.317 e. The van der Waals surface area contributed by atoms with Crippen molar-refractivity contribution in [2.45, 2.75) is 0 Å². The van der Waals surface area contributed by atoms with Gasteiger partial charge >= 0.3 is 8.26 Å². The van der Waals surface area contributed by atoms with Gasteiger partial charge in [-0.1, -0.05) is 0 Å². The molecule has 1 rings (SSSR count). The third-order valence-corrected chi connectivity index (χ3v) is 1.10. The molecule has 15 heavy (non-hydrogen) atoms. The maximum absolute atomic E-state index is 10.1.